The van der Waals surface area contributed by atoms with E-state index in [1.807, 2.05) is 30.3 Å². The molecule has 1 aromatic carbocycles. The summed E-state index contributed by atoms with van der Waals surface area (Å²) in [5, 5.41) is 10.3. The molecule has 4 rings (SSSR count). The van der Waals surface area contributed by atoms with Crippen LogP contribution in [-0.4, -0.2) is 35.9 Å². The molecule has 2 atom stereocenters. The molecule has 1 aromatic heterocycles. The van der Waals surface area contributed by atoms with Gasteiger partial charge in [0, 0.05) is 24.6 Å². The monoisotopic (exact) mass is 287 g/mol. The summed E-state index contributed by atoms with van der Waals surface area (Å²) in [5.74, 6) is 0.260. The van der Waals surface area contributed by atoms with Crippen LogP contribution in [0.3, 0.4) is 0 Å². The van der Waals surface area contributed by atoms with Crippen LogP contribution >= 0.6 is 11.3 Å². The van der Waals surface area contributed by atoms with Crippen LogP contribution in [0.15, 0.2) is 30.3 Å². The smallest absolute Gasteiger partial charge is 0.311 e. The molecule has 2 aliphatic rings. The first-order chi connectivity index (χ1) is 9.81. The lowest BCUT2D eigenvalue weighted by Gasteiger charge is -2.14. The quantitative estimate of drug-likeness (QED) is 0.789. The lowest BCUT2D eigenvalue weighted by Crippen LogP contribution is -2.23. The number of rotatable bonds is 2. The Balaban J connectivity index is 1.56. The minimum atomic E-state index is -0.0645. The summed E-state index contributed by atoms with van der Waals surface area (Å²) < 4.78 is 5.08. The van der Waals surface area contributed by atoms with Gasteiger partial charge in [-0.25, -0.2) is 0 Å². The molecule has 3 heterocycles. The van der Waals surface area contributed by atoms with Crippen LogP contribution in [0.1, 0.15) is 0 Å². The third-order valence-electron chi connectivity index (χ3n) is 3.89. The minimum Gasteiger partial charge on any atom is -0.465 e. The van der Waals surface area contributed by atoms with E-state index in [-0.39, 0.29) is 11.9 Å². The Kier molecular flexibility index (Phi) is 2.70. The van der Waals surface area contributed by atoms with E-state index in [0.29, 0.717) is 19.1 Å². The predicted molar refractivity (Wildman–Crippen MR) is 75.5 cm³/mol. The van der Waals surface area contributed by atoms with Crippen molar-refractivity contribution in [2.24, 2.45) is 11.8 Å². The first-order valence-electron chi connectivity index (χ1n) is 6.62. The van der Waals surface area contributed by atoms with Crippen molar-refractivity contribution >= 4 is 22.4 Å². The maximum absolute atomic E-state index is 11.6. The molecule has 0 N–H and O–H groups in total. The van der Waals surface area contributed by atoms with Crippen molar-refractivity contribution in [2.75, 3.05) is 24.6 Å². The van der Waals surface area contributed by atoms with Crippen LogP contribution in [-0.2, 0) is 9.53 Å². The minimum absolute atomic E-state index is 0.0130. The number of nitrogens with zero attached hydrogens (tertiary/aromatic N) is 3. The van der Waals surface area contributed by atoms with Gasteiger partial charge in [0.15, 0.2) is 0 Å². The van der Waals surface area contributed by atoms with Gasteiger partial charge in [-0.2, -0.15) is 0 Å². The van der Waals surface area contributed by atoms with Crippen LogP contribution < -0.4 is 4.90 Å². The normalized spacial score (nSPS) is 24.8. The second-order valence-electron chi connectivity index (χ2n) is 5.16. The fourth-order valence-electron chi connectivity index (χ4n) is 2.80. The van der Waals surface area contributed by atoms with E-state index >= 15 is 0 Å². The number of benzene rings is 1. The summed E-state index contributed by atoms with van der Waals surface area (Å²) in [6.07, 6.45) is 0. The van der Waals surface area contributed by atoms with Crippen molar-refractivity contribution in [1.29, 1.82) is 0 Å². The van der Waals surface area contributed by atoms with Crippen molar-refractivity contribution in [2.45, 2.75) is 0 Å². The maximum atomic E-state index is 11.6. The Bertz CT molecular complexity index is 643. The summed E-state index contributed by atoms with van der Waals surface area (Å²) >= 11 is 1.57. The number of cyclic esters (lactones) is 1. The molecular formula is C14H13N3O2S. The standard InChI is InChI=1S/C14H13N3O2S/c18-13-11-7-17(6-10(11)8-19-13)14-16-15-12(20-14)9-4-2-1-3-5-9/h1-5,10-11H,6-8H2/t10-,11-/m1/s1. The number of anilines is 1. The summed E-state index contributed by atoms with van der Waals surface area (Å²) in [6, 6.07) is 10.0. The van der Waals surface area contributed by atoms with E-state index in [1.54, 1.807) is 11.3 Å². The second kappa shape index (κ2) is 4.56. The Morgan fingerprint density at radius 3 is 2.85 bits per heavy atom. The molecule has 2 saturated heterocycles. The maximum Gasteiger partial charge on any atom is 0.311 e. The zero-order valence-corrected chi connectivity index (χ0v) is 11.5. The van der Waals surface area contributed by atoms with Gasteiger partial charge < -0.3 is 9.64 Å². The van der Waals surface area contributed by atoms with Gasteiger partial charge in [-0.1, -0.05) is 41.7 Å². The number of hydrogen-bond acceptors (Lipinski definition) is 6. The van der Waals surface area contributed by atoms with Gasteiger partial charge in [0.25, 0.3) is 0 Å². The highest BCUT2D eigenvalue weighted by molar-refractivity contribution is 7.18. The molecule has 0 radical (unpaired) electrons. The molecule has 0 saturated carbocycles. The van der Waals surface area contributed by atoms with E-state index < -0.39 is 0 Å². The molecule has 2 aromatic rings. The highest BCUT2D eigenvalue weighted by Crippen LogP contribution is 2.36. The summed E-state index contributed by atoms with van der Waals surface area (Å²) in [6.45, 7) is 2.08. The fraction of sp³-hybridized carbons (Fsp3) is 0.357. The lowest BCUT2D eigenvalue weighted by atomic mass is 10.0. The number of fused-ring (bicyclic) bond motifs is 1. The summed E-state index contributed by atoms with van der Waals surface area (Å²) in [5.41, 5.74) is 1.08. The Labute approximate surface area is 120 Å². The van der Waals surface area contributed by atoms with Crippen LogP contribution in [0.5, 0.6) is 0 Å². The molecule has 20 heavy (non-hydrogen) atoms. The number of aromatic nitrogens is 2. The zero-order valence-electron chi connectivity index (χ0n) is 10.7. The number of carbonyl (C=O) groups excluding carboxylic acids is 1. The predicted octanol–water partition coefficient (Wildman–Crippen LogP) is 1.81. The molecule has 2 fully saturated rings. The number of carbonyl (C=O) groups is 1. The molecule has 0 spiro atoms. The topological polar surface area (TPSA) is 55.3 Å². The molecule has 6 heteroatoms. The molecule has 0 bridgehead atoms. The van der Waals surface area contributed by atoms with Gasteiger partial charge in [-0.15, -0.1) is 10.2 Å². The highest BCUT2D eigenvalue weighted by Gasteiger charge is 2.44. The van der Waals surface area contributed by atoms with E-state index in [0.717, 1.165) is 22.2 Å². The molecule has 0 amide bonds. The van der Waals surface area contributed by atoms with Crippen molar-refractivity contribution in [3.63, 3.8) is 0 Å². The Morgan fingerprint density at radius 1 is 1.20 bits per heavy atom. The molecule has 0 unspecified atom stereocenters. The molecule has 2 aliphatic heterocycles. The fourth-order valence-corrected chi connectivity index (χ4v) is 3.67. The van der Waals surface area contributed by atoms with Gasteiger partial charge >= 0.3 is 5.97 Å². The SMILES string of the molecule is O=C1OC[C@H]2CN(c3nnc(-c4ccccc4)s3)C[C@@H]12. The van der Waals surface area contributed by atoms with Gasteiger partial charge in [-0.05, 0) is 0 Å². The van der Waals surface area contributed by atoms with Crippen LogP contribution in [0, 0.1) is 11.8 Å². The largest absolute Gasteiger partial charge is 0.465 e. The van der Waals surface area contributed by atoms with Gasteiger partial charge in [0.05, 0.1) is 12.5 Å². The third-order valence-corrected chi connectivity index (χ3v) is 4.92. The first-order valence-corrected chi connectivity index (χ1v) is 7.43. The second-order valence-corrected chi connectivity index (χ2v) is 6.11. The highest BCUT2D eigenvalue weighted by atomic mass is 32.1. The Hall–Kier alpha value is -1.95. The zero-order chi connectivity index (χ0) is 13.5. The molecule has 0 aliphatic carbocycles. The molecule has 5 nitrogen and oxygen atoms in total. The van der Waals surface area contributed by atoms with Crippen molar-refractivity contribution in [3.05, 3.63) is 30.3 Å². The van der Waals surface area contributed by atoms with Crippen LogP contribution in [0.25, 0.3) is 10.6 Å². The summed E-state index contributed by atoms with van der Waals surface area (Å²) in [7, 11) is 0. The van der Waals surface area contributed by atoms with E-state index in [1.165, 1.54) is 0 Å². The average molecular weight is 287 g/mol. The van der Waals surface area contributed by atoms with E-state index in [4.69, 9.17) is 4.74 Å². The Morgan fingerprint density at radius 2 is 2.05 bits per heavy atom. The number of esters is 1. The van der Waals surface area contributed by atoms with Crippen molar-refractivity contribution in [1.82, 2.24) is 10.2 Å². The lowest BCUT2D eigenvalue weighted by molar-refractivity contribution is -0.140. The van der Waals surface area contributed by atoms with Crippen LogP contribution in [0.4, 0.5) is 5.13 Å². The average Bonchev–Trinajstić information content (AvgIpc) is 3.17. The van der Waals surface area contributed by atoms with Gasteiger partial charge in [0.2, 0.25) is 5.13 Å². The number of ether oxygens (including phenoxy) is 1. The van der Waals surface area contributed by atoms with Crippen molar-refractivity contribution < 1.29 is 9.53 Å². The van der Waals surface area contributed by atoms with Crippen molar-refractivity contribution in [3.8, 4) is 10.6 Å². The molecular weight excluding hydrogens is 274 g/mol. The first kappa shape index (κ1) is 11.8. The van der Waals surface area contributed by atoms with Gasteiger partial charge in [-0.3, -0.25) is 4.79 Å². The molecule has 102 valence electrons. The number of hydrogen-bond donors (Lipinski definition) is 0. The van der Waals surface area contributed by atoms with E-state index in [2.05, 4.69) is 15.1 Å². The van der Waals surface area contributed by atoms with E-state index in [9.17, 15) is 4.79 Å². The van der Waals surface area contributed by atoms with Gasteiger partial charge in [0.1, 0.15) is 5.01 Å². The van der Waals surface area contributed by atoms with Crippen LogP contribution in [0.2, 0.25) is 0 Å². The summed E-state index contributed by atoms with van der Waals surface area (Å²) in [4.78, 5) is 13.7. The third kappa shape index (κ3) is 1.87.